The smallest absolute Gasteiger partial charge is 0.328 e. The number of aliphatic carboxylic acids is 1. The van der Waals surface area contributed by atoms with E-state index in [1.54, 1.807) is 36.2 Å². The molecular formula is C15H19NO3. The van der Waals surface area contributed by atoms with E-state index in [1.807, 2.05) is 0 Å². The molecule has 1 amide bonds. The Bertz CT molecular complexity index is 475. The van der Waals surface area contributed by atoms with Crippen molar-refractivity contribution in [1.82, 2.24) is 4.90 Å². The van der Waals surface area contributed by atoms with Gasteiger partial charge in [-0.05, 0) is 29.7 Å². The predicted octanol–water partition coefficient (Wildman–Crippen LogP) is 2.51. The van der Waals surface area contributed by atoms with Gasteiger partial charge in [-0.1, -0.05) is 26.0 Å². The monoisotopic (exact) mass is 261 g/mol. The Labute approximate surface area is 113 Å². The highest BCUT2D eigenvalue weighted by atomic mass is 16.4. The summed E-state index contributed by atoms with van der Waals surface area (Å²) >= 11 is 0. The van der Waals surface area contributed by atoms with Gasteiger partial charge in [-0.2, -0.15) is 0 Å². The molecule has 4 heteroatoms. The van der Waals surface area contributed by atoms with E-state index >= 15 is 0 Å². The molecule has 0 saturated carbocycles. The maximum Gasteiger partial charge on any atom is 0.328 e. The molecule has 0 aliphatic rings. The van der Waals surface area contributed by atoms with E-state index in [2.05, 4.69) is 13.8 Å². The predicted molar refractivity (Wildman–Crippen MR) is 74.9 cm³/mol. The average molecular weight is 261 g/mol. The minimum atomic E-state index is -0.989. The lowest BCUT2D eigenvalue weighted by Gasteiger charge is -2.19. The summed E-state index contributed by atoms with van der Waals surface area (Å²) < 4.78 is 0. The Kier molecular flexibility index (Phi) is 5.30. The Morgan fingerprint density at radius 3 is 2.32 bits per heavy atom. The molecule has 0 atom stereocenters. The molecule has 0 spiro atoms. The lowest BCUT2D eigenvalue weighted by Crippen LogP contribution is -2.30. The van der Waals surface area contributed by atoms with Crippen molar-refractivity contribution < 1.29 is 14.7 Å². The summed E-state index contributed by atoms with van der Waals surface area (Å²) in [7, 11) is 1.78. The highest BCUT2D eigenvalue weighted by Gasteiger charge is 2.12. The van der Waals surface area contributed by atoms with Gasteiger partial charge in [0.15, 0.2) is 0 Å². The molecule has 102 valence electrons. The SMILES string of the molecule is CC(C)CN(C)C(=O)c1ccc(C=CC(=O)O)cc1. The first kappa shape index (κ1) is 15.0. The first-order valence-electron chi connectivity index (χ1n) is 6.16. The van der Waals surface area contributed by atoms with E-state index in [0.717, 1.165) is 11.6 Å². The van der Waals surface area contributed by atoms with Gasteiger partial charge in [-0.15, -0.1) is 0 Å². The molecule has 0 aliphatic heterocycles. The van der Waals surface area contributed by atoms with Crippen molar-refractivity contribution in [2.75, 3.05) is 13.6 Å². The van der Waals surface area contributed by atoms with E-state index in [9.17, 15) is 9.59 Å². The molecule has 4 nitrogen and oxygen atoms in total. The lowest BCUT2D eigenvalue weighted by atomic mass is 10.1. The summed E-state index contributed by atoms with van der Waals surface area (Å²) in [5.41, 5.74) is 1.36. The zero-order valence-electron chi connectivity index (χ0n) is 11.5. The minimum Gasteiger partial charge on any atom is -0.478 e. The summed E-state index contributed by atoms with van der Waals surface area (Å²) in [6.45, 7) is 4.83. The second-order valence-corrected chi connectivity index (χ2v) is 4.87. The quantitative estimate of drug-likeness (QED) is 0.828. The Balaban J connectivity index is 2.75. The maximum atomic E-state index is 12.1. The largest absolute Gasteiger partial charge is 0.478 e. The molecular weight excluding hydrogens is 242 g/mol. The molecule has 0 aromatic heterocycles. The van der Waals surface area contributed by atoms with Crippen LogP contribution in [0.15, 0.2) is 30.3 Å². The molecule has 1 aromatic rings. The number of amides is 1. The fraction of sp³-hybridized carbons (Fsp3) is 0.333. The normalized spacial score (nSPS) is 10.9. The van der Waals surface area contributed by atoms with Gasteiger partial charge < -0.3 is 10.0 Å². The minimum absolute atomic E-state index is 0.0255. The van der Waals surface area contributed by atoms with Gasteiger partial charge in [-0.25, -0.2) is 4.79 Å². The zero-order chi connectivity index (χ0) is 14.4. The number of hydrogen-bond donors (Lipinski definition) is 1. The van der Waals surface area contributed by atoms with Crippen LogP contribution in [-0.2, 0) is 4.79 Å². The topological polar surface area (TPSA) is 57.6 Å². The van der Waals surface area contributed by atoms with Gasteiger partial charge in [0.25, 0.3) is 5.91 Å². The zero-order valence-corrected chi connectivity index (χ0v) is 11.5. The molecule has 19 heavy (non-hydrogen) atoms. The van der Waals surface area contributed by atoms with Crippen molar-refractivity contribution in [1.29, 1.82) is 0 Å². The molecule has 1 rings (SSSR count). The maximum absolute atomic E-state index is 12.1. The van der Waals surface area contributed by atoms with Crippen molar-refractivity contribution in [3.8, 4) is 0 Å². The first-order valence-corrected chi connectivity index (χ1v) is 6.16. The van der Waals surface area contributed by atoms with Crippen LogP contribution in [0.25, 0.3) is 6.08 Å². The lowest BCUT2D eigenvalue weighted by molar-refractivity contribution is -0.131. The number of carbonyl (C=O) groups excluding carboxylic acids is 1. The third-order valence-corrected chi connectivity index (χ3v) is 2.56. The van der Waals surface area contributed by atoms with E-state index in [4.69, 9.17) is 5.11 Å². The molecule has 0 fully saturated rings. The summed E-state index contributed by atoms with van der Waals surface area (Å²) in [4.78, 5) is 24.2. The van der Waals surface area contributed by atoms with Gasteiger partial charge in [0.2, 0.25) is 0 Å². The highest BCUT2D eigenvalue weighted by molar-refractivity contribution is 5.94. The number of carboxylic acid groups (broad SMARTS) is 1. The number of nitrogens with zero attached hydrogens (tertiary/aromatic N) is 1. The molecule has 0 aliphatic carbocycles. The van der Waals surface area contributed by atoms with Crippen LogP contribution in [0.5, 0.6) is 0 Å². The summed E-state index contributed by atoms with van der Waals surface area (Å²) in [5, 5.41) is 8.53. The van der Waals surface area contributed by atoms with Gasteiger partial charge in [0.05, 0.1) is 0 Å². The van der Waals surface area contributed by atoms with E-state index in [1.165, 1.54) is 6.08 Å². The Morgan fingerprint density at radius 2 is 1.84 bits per heavy atom. The molecule has 0 heterocycles. The van der Waals surface area contributed by atoms with Crippen LogP contribution in [0, 0.1) is 5.92 Å². The molecule has 0 unspecified atom stereocenters. The number of carboxylic acids is 1. The Morgan fingerprint density at radius 1 is 1.26 bits per heavy atom. The van der Waals surface area contributed by atoms with Crippen LogP contribution in [0.4, 0.5) is 0 Å². The highest BCUT2D eigenvalue weighted by Crippen LogP contribution is 2.09. The van der Waals surface area contributed by atoms with Crippen LogP contribution < -0.4 is 0 Å². The van der Waals surface area contributed by atoms with Gasteiger partial charge >= 0.3 is 5.97 Å². The van der Waals surface area contributed by atoms with Crippen molar-refractivity contribution in [2.24, 2.45) is 5.92 Å². The average Bonchev–Trinajstić information content (AvgIpc) is 2.35. The second kappa shape index (κ2) is 6.73. The summed E-state index contributed by atoms with van der Waals surface area (Å²) in [6, 6.07) is 6.88. The standard InChI is InChI=1S/C15H19NO3/c1-11(2)10-16(3)15(19)13-7-4-12(5-8-13)6-9-14(17)18/h4-9,11H,10H2,1-3H3,(H,17,18). The van der Waals surface area contributed by atoms with Crippen molar-refractivity contribution >= 4 is 18.0 Å². The van der Waals surface area contributed by atoms with Gasteiger partial charge in [0.1, 0.15) is 0 Å². The fourth-order valence-corrected chi connectivity index (χ4v) is 1.76. The molecule has 0 radical (unpaired) electrons. The fourth-order valence-electron chi connectivity index (χ4n) is 1.76. The number of carbonyl (C=O) groups is 2. The van der Waals surface area contributed by atoms with E-state index in [0.29, 0.717) is 18.0 Å². The summed E-state index contributed by atoms with van der Waals surface area (Å²) in [6.07, 6.45) is 2.57. The van der Waals surface area contributed by atoms with Gasteiger partial charge in [-0.3, -0.25) is 4.79 Å². The third-order valence-electron chi connectivity index (χ3n) is 2.56. The van der Waals surface area contributed by atoms with Crippen molar-refractivity contribution in [3.63, 3.8) is 0 Å². The van der Waals surface area contributed by atoms with E-state index in [-0.39, 0.29) is 5.91 Å². The number of rotatable bonds is 5. The van der Waals surface area contributed by atoms with Gasteiger partial charge in [0, 0.05) is 25.2 Å². The number of hydrogen-bond acceptors (Lipinski definition) is 2. The van der Waals surface area contributed by atoms with Crippen LogP contribution in [0.3, 0.4) is 0 Å². The third kappa shape index (κ3) is 4.95. The number of benzene rings is 1. The molecule has 0 bridgehead atoms. The second-order valence-electron chi connectivity index (χ2n) is 4.87. The Hall–Kier alpha value is -2.10. The van der Waals surface area contributed by atoms with Crippen LogP contribution in [-0.4, -0.2) is 35.5 Å². The summed E-state index contributed by atoms with van der Waals surface area (Å²) in [5.74, 6) is -0.592. The van der Waals surface area contributed by atoms with Crippen molar-refractivity contribution in [2.45, 2.75) is 13.8 Å². The molecule has 1 N–H and O–H groups in total. The van der Waals surface area contributed by atoms with Crippen LogP contribution >= 0.6 is 0 Å². The first-order chi connectivity index (χ1) is 8.90. The van der Waals surface area contributed by atoms with Crippen LogP contribution in [0.1, 0.15) is 29.8 Å². The van der Waals surface area contributed by atoms with Crippen LogP contribution in [0.2, 0.25) is 0 Å². The molecule has 0 saturated heterocycles. The molecule has 1 aromatic carbocycles. The van der Waals surface area contributed by atoms with E-state index < -0.39 is 5.97 Å². The van der Waals surface area contributed by atoms with Crippen molar-refractivity contribution in [3.05, 3.63) is 41.5 Å².